The first-order valence-electron chi connectivity index (χ1n) is 7.68. The van der Waals surface area contributed by atoms with E-state index in [2.05, 4.69) is 29.4 Å². The molecule has 136 valence electrons. The molecule has 0 aromatic carbocycles. The van der Waals surface area contributed by atoms with Crippen molar-refractivity contribution in [3.05, 3.63) is 0 Å². The molecule has 24 heavy (non-hydrogen) atoms. The lowest BCUT2D eigenvalue weighted by Crippen LogP contribution is -2.46. The van der Waals surface area contributed by atoms with Crippen molar-refractivity contribution in [2.75, 3.05) is 32.5 Å². The summed E-state index contributed by atoms with van der Waals surface area (Å²) in [5.74, 6) is -0.321. The lowest BCUT2D eigenvalue weighted by Gasteiger charge is -2.31. The van der Waals surface area contributed by atoms with Crippen molar-refractivity contribution in [2.24, 2.45) is 5.92 Å². The number of carbonyl (C=O) groups is 1. The van der Waals surface area contributed by atoms with Gasteiger partial charge in [-0.05, 0) is 12.8 Å². The Kier molecular flexibility index (Phi) is 6.59. The van der Waals surface area contributed by atoms with Gasteiger partial charge < -0.3 is 5.32 Å². The highest BCUT2D eigenvalue weighted by Crippen LogP contribution is 2.29. The van der Waals surface area contributed by atoms with Crippen molar-refractivity contribution in [3.8, 4) is 0 Å². The second-order valence-electron chi connectivity index (χ2n) is 5.99. The Balaban J connectivity index is 1.88. The van der Waals surface area contributed by atoms with E-state index in [0.717, 1.165) is 4.34 Å². The molecule has 0 bridgehead atoms. The lowest BCUT2D eigenvalue weighted by atomic mass is 9.97. The van der Waals surface area contributed by atoms with E-state index in [1.165, 1.54) is 34.0 Å². The van der Waals surface area contributed by atoms with Crippen molar-refractivity contribution in [1.82, 2.24) is 18.8 Å². The first-order chi connectivity index (χ1) is 11.2. The quantitative estimate of drug-likeness (QED) is 0.581. The number of nitrogens with zero attached hydrogens (tertiary/aromatic N) is 4. The highest BCUT2D eigenvalue weighted by molar-refractivity contribution is 8.01. The number of amides is 1. The van der Waals surface area contributed by atoms with Crippen molar-refractivity contribution in [2.45, 2.75) is 36.3 Å². The number of aromatic nitrogens is 2. The van der Waals surface area contributed by atoms with Crippen LogP contribution in [0.2, 0.25) is 0 Å². The average Bonchev–Trinajstić information content (AvgIpc) is 2.93. The molecular formula is C13H23N5O3S3. The van der Waals surface area contributed by atoms with Gasteiger partial charge in [0.25, 0.3) is 10.2 Å². The molecule has 0 spiro atoms. The van der Waals surface area contributed by atoms with E-state index in [1.54, 1.807) is 11.8 Å². The van der Waals surface area contributed by atoms with Crippen molar-refractivity contribution >= 4 is 44.3 Å². The summed E-state index contributed by atoms with van der Waals surface area (Å²) in [6, 6.07) is 0. The summed E-state index contributed by atoms with van der Waals surface area (Å²) in [7, 11) is -0.384. The zero-order valence-electron chi connectivity index (χ0n) is 14.2. The topological polar surface area (TPSA) is 95.5 Å². The summed E-state index contributed by atoms with van der Waals surface area (Å²) in [6.45, 7) is 4.84. The Morgan fingerprint density at radius 2 is 1.96 bits per heavy atom. The van der Waals surface area contributed by atoms with Crippen LogP contribution in [0.1, 0.15) is 26.7 Å². The van der Waals surface area contributed by atoms with Gasteiger partial charge in [0.2, 0.25) is 11.0 Å². The standard InChI is InChI=1S/C13H23N5O3S3/c1-9(2)22-13-16-15-12(23-13)14-11(19)10-5-7-18(8-6-10)24(20,21)17(3)4/h9-10H,5-8H2,1-4H3,(H,14,15,19). The number of rotatable bonds is 6. The molecule has 0 saturated carbocycles. The average molecular weight is 394 g/mol. The number of hydrogen-bond donors (Lipinski definition) is 1. The molecule has 1 aromatic rings. The van der Waals surface area contributed by atoms with E-state index in [1.807, 2.05) is 0 Å². The molecule has 2 heterocycles. The van der Waals surface area contributed by atoms with Crippen molar-refractivity contribution in [1.29, 1.82) is 0 Å². The van der Waals surface area contributed by atoms with E-state index >= 15 is 0 Å². The van der Waals surface area contributed by atoms with Crippen LogP contribution in [0.5, 0.6) is 0 Å². The van der Waals surface area contributed by atoms with Crippen LogP contribution in [0.15, 0.2) is 4.34 Å². The summed E-state index contributed by atoms with van der Waals surface area (Å²) < 4.78 is 27.6. The zero-order valence-corrected chi connectivity index (χ0v) is 16.7. The van der Waals surface area contributed by atoms with Crippen molar-refractivity contribution < 1.29 is 13.2 Å². The summed E-state index contributed by atoms with van der Waals surface area (Å²) in [6.07, 6.45) is 1.01. The molecule has 2 rings (SSSR count). The van der Waals surface area contributed by atoms with Gasteiger partial charge in [-0.1, -0.05) is 36.9 Å². The first-order valence-corrected chi connectivity index (χ1v) is 10.8. The summed E-state index contributed by atoms with van der Waals surface area (Å²) in [4.78, 5) is 12.3. The number of anilines is 1. The monoisotopic (exact) mass is 393 g/mol. The highest BCUT2D eigenvalue weighted by Gasteiger charge is 2.32. The minimum atomic E-state index is -3.40. The van der Waals surface area contributed by atoms with Gasteiger partial charge in [-0.25, -0.2) is 0 Å². The molecule has 1 aromatic heterocycles. The van der Waals surface area contributed by atoms with Crippen LogP contribution in [0.3, 0.4) is 0 Å². The number of thioether (sulfide) groups is 1. The Labute approximate surface area is 151 Å². The van der Waals surface area contributed by atoms with Crippen LogP contribution in [-0.2, 0) is 15.0 Å². The van der Waals surface area contributed by atoms with Gasteiger partial charge in [0.05, 0.1) is 0 Å². The van der Waals surface area contributed by atoms with Crippen LogP contribution < -0.4 is 5.32 Å². The third-order valence-electron chi connectivity index (χ3n) is 3.59. The second-order valence-corrected chi connectivity index (χ2v) is 10.9. The van der Waals surface area contributed by atoms with E-state index in [-0.39, 0.29) is 11.8 Å². The van der Waals surface area contributed by atoms with Gasteiger partial charge in [0.15, 0.2) is 4.34 Å². The molecule has 0 aliphatic carbocycles. The Morgan fingerprint density at radius 3 is 2.50 bits per heavy atom. The second kappa shape index (κ2) is 8.09. The number of piperidine rings is 1. The van der Waals surface area contributed by atoms with E-state index in [9.17, 15) is 13.2 Å². The van der Waals surface area contributed by atoms with Crippen LogP contribution >= 0.6 is 23.1 Å². The highest BCUT2D eigenvalue weighted by atomic mass is 32.2. The maximum Gasteiger partial charge on any atom is 0.281 e. The van der Waals surface area contributed by atoms with E-state index in [0.29, 0.717) is 36.3 Å². The van der Waals surface area contributed by atoms with E-state index < -0.39 is 10.2 Å². The minimum absolute atomic E-state index is 0.117. The predicted octanol–water partition coefficient (Wildman–Crippen LogP) is 1.50. The minimum Gasteiger partial charge on any atom is -0.300 e. The SMILES string of the molecule is CC(C)Sc1nnc(NC(=O)C2CCN(S(=O)(=O)N(C)C)CC2)s1. The van der Waals surface area contributed by atoms with Gasteiger partial charge in [-0.2, -0.15) is 17.0 Å². The van der Waals surface area contributed by atoms with Crippen LogP contribution in [0.4, 0.5) is 5.13 Å². The number of nitrogens with one attached hydrogen (secondary N) is 1. The summed E-state index contributed by atoms with van der Waals surface area (Å²) in [5.41, 5.74) is 0. The third kappa shape index (κ3) is 4.88. The smallest absolute Gasteiger partial charge is 0.281 e. The fourth-order valence-electron chi connectivity index (χ4n) is 2.30. The maximum absolute atomic E-state index is 12.3. The van der Waals surface area contributed by atoms with Gasteiger partial charge >= 0.3 is 0 Å². The molecule has 1 saturated heterocycles. The molecular weight excluding hydrogens is 370 g/mol. The molecule has 1 N–H and O–H groups in total. The van der Waals surface area contributed by atoms with Crippen LogP contribution in [-0.4, -0.2) is 65.6 Å². The fourth-order valence-corrected chi connectivity index (χ4v) is 5.41. The van der Waals surface area contributed by atoms with E-state index in [4.69, 9.17) is 0 Å². The molecule has 8 nitrogen and oxygen atoms in total. The largest absolute Gasteiger partial charge is 0.300 e. The molecule has 1 amide bonds. The third-order valence-corrected chi connectivity index (χ3v) is 7.45. The molecule has 1 aliphatic heterocycles. The number of hydrogen-bond acceptors (Lipinski definition) is 7. The predicted molar refractivity (Wildman–Crippen MR) is 96.4 cm³/mol. The Morgan fingerprint density at radius 1 is 1.33 bits per heavy atom. The molecule has 0 unspecified atom stereocenters. The van der Waals surface area contributed by atoms with Gasteiger partial charge in [-0.3, -0.25) is 4.79 Å². The molecule has 0 radical (unpaired) electrons. The summed E-state index contributed by atoms with van der Waals surface area (Å²) in [5, 5.41) is 11.7. The zero-order chi connectivity index (χ0) is 17.9. The van der Waals surface area contributed by atoms with Crippen LogP contribution in [0.25, 0.3) is 0 Å². The maximum atomic E-state index is 12.3. The Bertz CT molecular complexity index is 666. The number of carbonyl (C=O) groups excluding carboxylic acids is 1. The van der Waals surface area contributed by atoms with Gasteiger partial charge in [0, 0.05) is 38.4 Å². The van der Waals surface area contributed by atoms with Gasteiger partial charge in [-0.15, -0.1) is 10.2 Å². The van der Waals surface area contributed by atoms with Crippen molar-refractivity contribution in [3.63, 3.8) is 0 Å². The first kappa shape index (κ1) is 19.6. The molecule has 1 aliphatic rings. The van der Waals surface area contributed by atoms with Crippen LogP contribution in [0, 0.1) is 5.92 Å². The molecule has 11 heteroatoms. The van der Waals surface area contributed by atoms with Gasteiger partial charge in [0.1, 0.15) is 0 Å². The molecule has 1 fully saturated rings. The lowest BCUT2D eigenvalue weighted by molar-refractivity contribution is -0.120. The Hall–Kier alpha value is -0.750. The normalized spacial score (nSPS) is 17.6. The molecule has 0 atom stereocenters. The fraction of sp³-hybridized carbons (Fsp3) is 0.769. The summed E-state index contributed by atoms with van der Waals surface area (Å²) >= 11 is 2.96.